The molecular formula is C24H24ClN3OS. The van der Waals surface area contributed by atoms with Gasteiger partial charge in [0.15, 0.2) is 5.78 Å². The molecule has 1 unspecified atom stereocenters. The minimum atomic E-state index is -0.0761. The van der Waals surface area contributed by atoms with Crippen molar-refractivity contribution >= 4 is 34.5 Å². The summed E-state index contributed by atoms with van der Waals surface area (Å²) in [7, 11) is 0. The van der Waals surface area contributed by atoms with Gasteiger partial charge in [-0.3, -0.25) is 4.79 Å². The number of halogens is 1. The Morgan fingerprint density at radius 3 is 2.73 bits per heavy atom. The van der Waals surface area contributed by atoms with Crippen LogP contribution in [0.2, 0.25) is 5.02 Å². The molecule has 0 fully saturated rings. The van der Waals surface area contributed by atoms with Gasteiger partial charge >= 0.3 is 0 Å². The minimum absolute atomic E-state index is 0.0641. The van der Waals surface area contributed by atoms with E-state index in [1.165, 1.54) is 10.4 Å². The van der Waals surface area contributed by atoms with Crippen LogP contribution in [0.1, 0.15) is 54.3 Å². The van der Waals surface area contributed by atoms with Crippen molar-refractivity contribution < 1.29 is 4.79 Å². The first-order chi connectivity index (χ1) is 14.2. The number of hydrogen-bond acceptors (Lipinski definition) is 4. The van der Waals surface area contributed by atoms with Crippen LogP contribution in [0.3, 0.4) is 0 Å². The monoisotopic (exact) mass is 437 g/mol. The number of anilines is 1. The van der Waals surface area contributed by atoms with E-state index in [2.05, 4.69) is 37.5 Å². The highest BCUT2D eigenvalue weighted by molar-refractivity contribution is 7.10. The molecule has 1 aliphatic carbocycles. The molecule has 0 bridgehead atoms. The maximum absolute atomic E-state index is 13.4. The molecule has 4 nitrogen and oxygen atoms in total. The number of Topliss-reactive ketones (excluding diaryl/α,β-unsaturated/α-hetero) is 1. The molecule has 0 radical (unpaired) electrons. The van der Waals surface area contributed by atoms with Gasteiger partial charge in [-0.1, -0.05) is 31.5 Å². The Kier molecular flexibility index (Phi) is 4.46. The standard InChI is InChI=1S/C24H24ClN3OS/c1-13-8-9-30-22(13)21-19-14(2)27-28(16-7-5-6-15(25)10-16)23(19)26-17-11-24(3,4)12-18(29)20(17)21/h5-10,21,26H,11-12H2,1-4H3. The van der Waals surface area contributed by atoms with E-state index in [-0.39, 0.29) is 17.1 Å². The fourth-order valence-corrected chi connectivity index (χ4v) is 6.04. The van der Waals surface area contributed by atoms with Crippen molar-refractivity contribution in [1.29, 1.82) is 0 Å². The molecule has 30 heavy (non-hydrogen) atoms. The molecule has 6 heteroatoms. The average Bonchev–Trinajstić information content (AvgIpc) is 3.22. The molecule has 0 amide bonds. The maximum Gasteiger partial charge on any atom is 0.162 e. The van der Waals surface area contributed by atoms with Crippen molar-refractivity contribution in [2.45, 2.75) is 46.5 Å². The second kappa shape index (κ2) is 6.82. The number of carbonyl (C=O) groups excluding carboxylic acids is 1. The largest absolute Gasteiger partial charge is 0.343 e. The van der Waals surface area contributed by atoms with Crippen molar-refractivity contribution in [3.05, 3.63) is 73.7 Å². The van der Waals surface area contributed by atoms with Crippen LogP contribution in [0.15, 0.2) is 47.0 Å². The van der Waals surface area contributed by atoms with Gasteiger partial charge in [-0.05, 0) is 60.9 Å². The fraction of sp³-hybridized carbons (Fsp3) is 0.333. The zero-order chi connectivity index (χ0) is 21.2. The summed E-state index contributed by atoms with van der Waals surface area (Å²) in [5.41, 5.74) is 6.03. The number of aryl methyl sites for hydroxylation is 2. The smallest absolute Gasteiger partial charge is 0.162 e. The number of fused-ring (bicyclic) bond motifs is 1. The number of allylic oxidation sites excluding steroid dienone is 2. The Hall–Kier alpha value is -2.37. The zero-order valence-electron chi connectivity index (χ0n) is 17.5. The third kappa shape index (κ3) is 3.03. The molecule has 0 saturated heterocycles. The predicted octanol–water partition coefficient (Wildman–Crippen LogP) is 6.40. The molecule has 2 aromatic heterocycles. The van der Waals surface area contributed by atoms with Gasteiger partial charge in [0, 0.05) is 33.2 Å². The molecule has 1 aliphatic heterocycles. The average molecular weight is 438 g/mol. The lowest BCUT2D eigenvalue weighted by atomic mass is 9.70. The van der Waals surface area contributed by atoms with Gasteiger partial charge in [0.05, 0.1) is 17.3 Å². The van der Waals surface area contributed by atoms with E-state index in [9.17, 15) is 4.79 Å². The molecular weight excluding hydrogens is 414 g/mol. The zero-order valence-corrected chi connectivity index (χ0v) is 19.1. The second-order valence-corrected chi connectivity index (χ2v) is 10.5. The number of thiophene rings is 1. The van der Waals surface area contributed by atoms with Gasteiger partial charge in [-0.2, -0.15) is 5.10 Å². The molecule has 1 aromatic carbocycles. The van der Waals surface area contributed by atoms with Crippen LogP contribution < -0.4 is 5.32 Å². The Morgan fingerprint density at radius 1 is 1.23 bits per heavy atom. The summed E-state index contributed by atoms with van der Waals surface area (Å²) in [4.78, 5) is 14.6. The van der Waals surface area contributed by atoms with E-state index in [1.807, 2.05) is 35.9 Å². The maximum atomic E-state index is 13.4. The van der Waals surface area contributed by atoms with E-state index in [0.29, 0.717) is 11.4 Å². The first kappa shape index (κ1) is 19.6. The second-order valence-electron chi connectivity index (χ2n) is 9.10. The molecule has 0 spiro atoms. The van der Waals surface area contributed by atoms with Crippen molar-refractivity contribution in [2.75, 3.05) is 5.32 Å². The van der Waals surface area contributed by atoms with Crippen LogP contribution in [0.4, 0.5) is 5.82 Å². The van der Waals surface area contributed by atoms with Gasteiger partial charge < -0.3 is 5.32 Å². The quantitative estimate of drug-likeness (QED) is 0.504. The summed E-state index contributed by atoms with van der Waals surface area (Å²) in [6, 6.07) is 9.85. The Labute approximate surface area is 185 Å². The number of carbonyl (C=O) groups is 1. The SMILES string of the molecule is Cc1ccsc1C1C2=C(CC(C)(C)CC2=O)Nc2c1c(C)nn2-c1cccc(Cl)c1. The Bertz CT molecular complexity index is 1220. The molecule has 154 valence electrons. The van der Waals surface area contributed by atoms with Crippen molar-refractivity contribution in [3.63, 3.8) is 0 Å². The fourth-order valence-electron chi connectivity index (χ4n) is 4.81. The van der Waals surface area contributed by atoms with E-state index < -0.39 is 0 Å². The number of aromatic nitrogens is 2. The normalized spacial score (nSPS) is 20.0. The van der Waals surface area contributed by atoms with Crippen LogP contribution >= 0.6 is 22.9 Å². The van der Waals surface area contributed by atoms with E-state index in [4.69, 9.17) is 16.7 Å². The molecule has 5 rings (SSSR count). The highest BCUT2D eigenvalue weighted by atomic mass is 35.5. The van der Waals surface area contributed by atoms with Gasteiger partial charge in [0.25, 0.3) is 0 Å². The molecule has 3 aromatic rings. The number of nitrogens with zero attached hydrogens (tertiary/aromatic N) is 2. The van der Waals surface area contributed by atoms with Crippen LogP contribution in [0.5, 0.6) is 0 Å². The van der Waals surface area contributed by atoms with E-state index >= 15 is 0 Å². The summed E-state index contributed by atoms with van der Waals surface area (Å²) < 4.78 is 1.93. The minimum Gasteiger partial charge on any atom is -0.343 e. The third-order valence-electron chi connectivity index (χ3n) is 6.09. The van der Waals surface area contributed by atoms with Crippen molar-refractivity contribution in [2.24, 2.45) is 5.41 Å². The van der Waals surface area contributed by atoms with Crippen molar-refractivity contribution in [3.8, 4) is 5.69 Å². The van der Waals surface area contributed by atoms with Crippen LogP contribution in [-0.4, -0.2) is 15.6 Å². The summed E-state index contributed by atoms with van der Waals surface area (Å²) in [6.45, 7) is 8.48. The lowest BCUT2D eigenvalue weighted by Gasteiger charge is -2.38. The first-order valence-corrected chi connectivity index (χ1v) is 11.4. The number of rotatable bonds is 2. The number of ketones is 1. The van der Waals surface area contributed by atoms with Crippen LogP contribution in [0, 0.1) is 19.3 Å². The van der Waals surface area contributed by atoms with E-state index in [0.717, 1.165) is 40.5 Å². The summed E-state index contributed by atoms with van der Waals surface area (Å²) in [6.07, 6.45) is 1.42. The number of nitrogens with one attached hydrogen (secondary N) is 1. The molecule has 0 saturated carbocycles. The molecule has 1 N–H and O–H groups in total. The molecule has 1 atom stereocenters. The Morgan fingerprint density at radius 2 is 2.03 bits per heavy atom. The number of hydrogen-bond donors (Lipinski definition) is 1. The highest BCUT2D eigenvalue weighted by Crippen LogP contribution is 2.51. The summed E-state index contributed by atoms with van der Waals surface area (Å²) >= 11 is 7.99. The van der Waals surface area contributed by atoms with Gasteiger partial charge in [-0.15, -0.1) is 11.3 Å². The Balaban J connectivity index is 1.77. The summed E-state index contributed by atoms with van der Waals surface area (Å²) in [5, 5.41) is 11.3. The van der Waals surface area contributed by atoms with Gasteiger partial charge in [0.1, 0.15) is 5.82 Å². The van der Waals surface area contributed by atoms with Crippen LogP contribution in [0.25, 0.3) is 5.69 Å². The van der Waals surface area contributed by atoms with Crippen molar-refractivity contribution in [1.82, 2.24) is 9.78 Å². The molecule has 3 heterocycles. The van der Waals surface area contributed by atoms with Gasteiger partial charge in [0.2, 0.25) is 0 Å². The number of benzene rings is 1. The van der Waals surface area contributed by atoms with E-state index in [1.54, 1.807) is 11.3 Å². The first-order valence-electron chi connectivity index (χ1n) is 10.2. The van der Waals surface area contributed by atoms with Gasteiger partial charge in [-0.25, -0.2) is 4.68 Å². The third-order valence-corrected chi connectivity index (χ3v) is 7.41. The molecule has 2 aliphatic rings. The predicted molar refractivity (Wildman–Crippen MR) is 123 cm³/mol. The topological polar surface area (TPSA) is 46.9 Å². The lowest BCUT2D eigenvalue weighted by molar-refractivity contribution is -0.118. The highest BCUT2D eigenvalue weighted by Gasteiger charge is 2.43. The summed E-state index contributed by atoms with van der Waals surface area (Å²) in [5.74, 6) is 1.11. The lowest BCUT2D eigenvalue weighted by Crippen LogP contribution is -2.34. The van der Waals surface area contributed by atoms with Crippen LogP contribution in [-0.2, 0) is 4.79 Å².